The maximum atomic E-state index is 13.9. The molecule has 0 aliphatic heterocycles. The van der Waals surface area contributed by atoms with E-state index in [9.17, 15) is 8.78 Å². The maximum Gasteiger partial charge on any atom is 0.165 e. The summed E-state index contributed by atoms with van der Waals surface area (Å²) in [7, 11) is 1.30. The third-order valence-electron chi connectivity index (χ3n) is 4.02. The molecule has 1 aromatic carbocycles. The van der Waals surface area contributed by atoms with Crippen LogP contribution in [-0.4, -0.2) is 13.7 Å². The highest BCUT2D eigenvalue weighted by molar-refractivity contribution is 5.34. The molecular formula is C13H18F2N2O. The van der Waals surface area contributed by atoms with E-state index in [2.05, 4.69) is 0 Å². The molecule has 0 saturated heterocycles. The van der Waals surface area contributed by atoms with Crippen molar-refractivity contribution in [1.29, 1.82) is 0 Å². The van der Waals surface area contributed by atoms with E-state index in [1.165, 1.54) is 7.11 Å². The lowest BCUT2D eigenvalue weighted by molar-refractivity contribution is 0.102. The van der Waals surface area contributed by atoms with Gasteiger partial charge in [0, 0.05) is 23.1 Å². The van der Waals surface area contributed by atoms with E-state index >= 15 is 0 Å². The van der Waals surface area contributed by atoms with E-state index in [4.69, 9.17) is 16.2 Å². The van der Waals surface area contributed by atoms with E-state index in [1.807, 2.05) is 0 Å². The van der Waals surface area contributed by atoms with Gasteiger partial charge in [-0.05, 0) is 25.5 Å². The summed E-state index contributed by atoms with van der Waals surface area (Å²) in [5, 5.41) is 0. The summed E-state index contributed by atoms with van der Waals surface area (Å²) in [5.41, 5.74) is 11.7. The van der Waals surface area contributed by atoms with Crippen LogP contribution in [0.5, 0.6) is 5.75 Å². The summed E-state index contributed by atoms with van der Waals surface area (Å²) >= 11 is 0. The zero-order valence-corrected chi connectivity index (χ0v) is 10.4. The van der Waals surface area contributed by atoms with Crippen LogP contribution in [-0.2, 0) is 0 Å². The first kappa shape index (κ1) is 13.2. The highest BCUT2D eigenvalue weighted by atomic mass is 19.1. The average molecular weight is 256 g/mol. The van der Waals surface area contributed by atoms with Crippen molar-refractivity contribution >= 4 is 0 Å². The number of ether oxygens (including phenoxy) is 1. The van der Waals surface area contributed by atoms with Gasteiger partial charge in [-0.2, -0.15) is 0 Å². The van der Waals surface area contributed by atoms with Crippen molar-refractivity contribution < 1.29 is 13.5 Å². The van der Waals surface area contributed by atoms with E-state index < -0.39 is 17.7 Å². The summed E-state index contributed by atoms with van der Waals surface area (Å²) in [6.45, 7) is 0.390. The van der Waals surface area contributed by atoms with Crippen molar-refractivity contribution in [3.8, 4) is 5.75 Å². The Balaban J connectivity index is 2.36. The fourth-order valence-electron chi connectivity index (χ4n) is 2.54. The van der Waals surface area contributed by atoms with Gasteiger partial charge in [-0.1, -0.05) is 6.42 Å². The van der Waals surface area contributed by atoms with E-state index in [0.717, 1.165) is 31.4 Å². The summed E-state index contributed by atoms with van der Waals surface area (Å²) in [6.07, 6.45) is 2.75. The van der Waals surface area contributed by atoms with Gasteiger partial charge in [-0.15, -0.1) is 0 Å². The lowest BCUT2D eigenvalue weighted by Crippen LogP contribution is -2.46. The monoisotopic (exact) mass is 256 g/mol. The van der Waals surface area contributed by atoms with Gasteiger partial charge >= 0.3 is 0 Å². The zero-order chi connectivity index (χ0) is 13.3. The molecule has 0 radical (unpaired) electrons. The van der Waals surface area contributed by atoms with E-state index in [0.29, 0.717) is 6.54 Å². The van der Waals surface area contributed by atoms with Crippen molar-refractivity contribution in [1.82, 2.24) is 0 Å². The second-order valence-electron chi connectivity index (χ2n) is 4.91. The molecule has 1 aromatic rings. The first-order valence-corrected chi connectivity index (χ1v) is 6.02. The molecule has 18 heavy (non-hydrogen) atoms. The van der Waals surface area contributed by atoms with Gasteiger partial charge in [0.1, 0.15) is 5.82 Å². The Morgan fingerprint density at radius 3 is 2.44 bits per heavy atom. The highest BCUT2D eigenvalue weighted by Crippen LogP contribution is 2.49. The molecule has 100 valence electrons. The molecule has 0 spiro atoms. The molecule has 3 nitrogen and oxygen atoms in total. The number of rotatable bonds is 4. The van der Waals surface area contributed by atoms with Crippen molar-refractivity contribution in [2.45, 2.75) is 25.3 Å². The zero-order valence-electron chi connectivity index (χ0n) is 10.4. The molecule has 1 atom stereocenters. The first-order valence-electron chi connectivity index (χ1n) is 6.02. The summed E-state index contributed by atoms with van der Waals surface area (Å²) in [4.78, 5) is 0. The highest BCUT2D eigenvalue weighted by Gasteiger charge is 2.42. The molecule has 1 saturated carbocycles. The molecule has 1 aliphatic rings. The first-order chi connectivity index (χ1) is 8.54. The molecular weight excluding hydrogens is 238 g/mol. The van der Waals surface area contributed by atoms with Gasteiger partial charge in [0.15, 0.2) is 11.6 Å². The van der Waals surface area contributed by atoms with Crippen LogP contribution in [0, 0.1) is 17.0 Å². The third kappa shape index (κ3) is 1.97. The SMILES string of the molecule is COc1cc(F)c(C(N)C2(CN)CCC2)cc1F. The average Bonchev–Trinajstić information content (AvgIpc) is 2.30. The van der Waals surface area contributed by atoms with Crippen LogP contribution in [0.25, 0.3) is 0 Å². The minimum Gasteiger partial charge on any atom is -0.494 e. The number of nitrogens with two attached hydrogens (primary N) is 2. The van der Waals surface area contributed by atoms with E-state index in [1.54, 1.807) is 0 Å². The molecule has 5 heteroatoms. The topological polar surface area (TPSA) is 61.3 Å². The van der Waals surface area contributed by atoms with Gasteiger partial charge < -0.3 is 16.2 Å². The molecule has 0 aromatic heterocycles. The third-order valence-corrected chi connectivity index (χ3v) is 4.02. The predicted octanol–water partition coefficient (Wildman–Crippen LogP) is 2.10. The largest absolute Gasteiger partial charge is 0.494 e. The normalized spacial score (nSPS) is 19.2. The summed E-state index contributed by atoms with van der Waals surface area (Å²) < 4.78 is 32.3. The number of methoxy groups -OCH3 is 1. The second-order valence-corrected chi connectivity index (χ2v) is 4.91. The van der Waals surface area contributed by atoms with E-state index in [-0.39, 0.29) is 16.7 Å². The van der Waals surface area contributed by atoms with Crippen LogP contribution in [0.4, 0.5) is 8.78 Å². The summed E-state index contributed by atoms with van der Waals surface area (Å²) in [5.74, 6) is -1.25. The predicted molar refractivity (Wildman–Crippen MR) is 65.2 cm³/mol. The van der Waals surface area contributed by atoms with Gasteiger partial charge in [-0.25, -0.2) is 8.78 Å². The van der Waals surface area contributed by atoms with Gasteiger partial charge in [0.25, 0.3) is 0 Å². The standard InChI is InChI=1S/C13H18F2N2O/c1-18-11-6-9(14)8(5-10(11)15)12(17)13(7-16)3-2-4-13/h5-6,12H,2-4,7,16-17H2,1H3. The second kappa shape index (κ2) is 4.82. The minimum absolute atomic E-state index is 0.112. The molecule has 1 aliphatic carbocycles. The van der Waals surface area contributed by atoms with Crippen molar-refractivity contribution in [3.05, 3.63) is 29.3 Å². The molecule has 1 unspecified atom stereocenters. The van der Waals surface area contributed by atoms with Crippen molar-refractivity contribution in [2.75, 3.05) is 13.7 Å². The Kier molecular flexibility index (Phi) is 3.54. The smallest absolute Gasteiger partial charge is 0.165 e. The number of halogens is 2. The Hall–Kier alpha value is -1.20. The molecule has 0 heterocycles. The van der Waals surface area contributed by atoms with Crippen molar-refractivity contribution in [2.24, 2.45) is 16.9 Å². The number of benzene rings is 1. The molecule has 0 amide bonds. The Bertz CT molecular complexity index is 441. The van der Waals surface area contributed by atoms with Crippen LogP contribution in [0.15, 0.2) is 12.1 Å². The van der Waals surface area contributed by atoms with Crippen LogP contribution < -0.4 is 16.2 Å². The van der Waals surface area contributed by atoms with Gasteiger partial charge in [0.2, 0.25) is 0 Å². The lowest BCUT2D eigenvalue weighted by Gasteiger charge is -2.45. The fraction of sp³-hybridized carbons (Fsp3) is 0.538. The van der Waals surface area contributed by atoms with Crippen LogP contribution in [0.3, 0.4) is 0 Å². The molecule has 2 rings (SSSR count). The Labute approximate surface area is 105 Å². The quantitative estimate of drug-likeness (QED) is 0.867. The number of hydrogen-bond donors (Lipinski definition) is 2. The number of hydrogen-bond acceptors (Lipinski definition) is 3. The Morgan fingerprint density at radius 1 is 1.33 bits per heavy atom. The van der Waals surface area contributed by atoms with Gasteiger partial charge in [-0.3, -0.25) is 0 Å². The molecule has 0 bridgehead atoms. The molecule has 1 fully saturated rings. The van der Waals surface area contributed by atoms with Gasteiger partial charge in [0.05, 0.1) is 7.11 Å². The summed E-state index contributed by atoms with van der Waals surface area (Å²) in [6, 6.07) is 1.58. The van der Waals surface area contributed by atoms with Crippen LogP contribution in [0.1, 0.15) is 30.9 Å². The molecule has 4 N–H and O–H groups in total. The van der Waals surface area contributed by atoms with Crippen LogP contribution >= 0.6 is 0 Å². The lowest BCUT2D eigenvalue weighted by atomic mass is 9.62. The minimum atomic E-state index is -0.601. The Morgan fingerprint density at radius 2 is 2.00 bits per heavy atom. The fourth-order valence-corrected chi connectivity index (χ4v) is 2.54. The maximum absolute atomic E-state index is 13.9. The van der Waals surface area contributed by atoms with Crippen molar-refractivity contribution in [3.63, 3.8) is 0 Å². The van der Waals surface area contributed by atoms with Crippen LogP contribution in [0.2, 0.25) is 0 Å².